The van der Waals surface area contributed by atoms with Gasteiger partial charge in [-0.3, -0.25) is 9.78 Å². The molecule has 0 spiro atoms. The molecule has 0 aliphatic heterocycles. The quantitative estimate of drug-likeness (QED) is 0.872. The van der Waals surface area contributed by atoms with Gasteiger partial charge in [0.25, 0.3) is 5.91 Å². The molecule has 17 heavy (non-hydrogen) atoms. The number of carbonyl (C=O) groups excluding carboxylic acids is 1. The fourth-order valence-corrected chi connectivity index (χ4v) is 3.08. The van der Waals surface area contributed by atoms with Crippen LogP contribution in [-0.4, -0.2) is 21.8 Å². The monoisotopic (exact) mass is 296 g/mol. The highest BCUT2D eigenvalue weighted by Gasteiger charge is 2.34. The molecule has 2 rings (SSSR count). The number of halogens is 1. The number of pyridine rings is 1. The van der Waals surface area contributed by atoms with Crippen LogP contribution in [0.1, 0.15) is 41.7 Å². The van der Waals surface area contributed by atoms with Gasteiger partial charge in [0.15, 0.2) is 0 Å². The lowest BCUT2D eigenvalue weighted by molar-refractivity contribution is 0.0909. The molecular formula is C13H17BrN2O. The molecule has 1 aliphatic carbocycles. The molecule has 1 aliphatic rings. The lowest BCUT2D eigenvalue weighted by atomic mass is 10.00. The van der Waals surface area contributed by atoms with Crippen LogP contribution in [0.15, 0.2) is 18.3 Å². The van der Waals surface area contributed by atoms with Gasteiger partial charge in [-0.15, -0.1) is 0 Å². The van der Waals surface area contributed by atoms with Crippen LogP contribution in [0.25, 0.3) is 0 Å². The van der Waals surface area contributed by atoms with Crippen molar-refractivity contribution >= 4 is 21.8 Å². The molecule has 0 radical (unpaired) electrons. The first kappa shape index (κ1) is 12.6. The first-order chi connectivity index (χ1) is 8.17. The van der Waals surface area contributed by atoms with Crippen LogP contribution in [0.3, 0.4) is 0 Å². The average molecular weight is 297 g/mol. The van der Waals surface area contributed by atoms with E-state index in [4.69, 9.17) is 0 Å². The van der Waals surface area contributed by atoms with E-state index in [0.29, 0.717) is 5.56 Å². The average Bonchev–Trinajstić information content (AvgIpc) is 2.79. The number of nitrogens with one attached hydrogen (secondary N) is 1. The molecule has 1 amide bonds. The molecule has 3 nitrogen and oxygen atoms in total. The molecule has 1 aromatic rings. The van der Waals surface area contributed by atoms with Crippen LogP contribution in [0.4, 0.5) is 0 Å². The molecule has 0 unspecified atom stereocenters. The Balaban J connectivity index is 2.14. The fraction of sp³-hybridized carbons (Fsp3) is 0.538. The Bertz CT molecular complexity index is 414. The lowest BCUT2D eigenvalue weighted by Gasteiger charge is -2.28. The van der Waals surface area contributed by atoms with Crippen molar-refractivity contribution < 1.29 is 4.79 Å². The number of aromatic nitrogens is 1. The highest BCUT2D eigenvalue weighted by molar-refractivity contribution is 9.09. The van der Waals surface area contributed by atoms with Gasteiger partial charge in [-0.25, -0.2) is 0 Å². The number of alkyl halides is 1. The summed E-state index contributed by atoms with van der Waals surface area (Å²) in [5.41, 5.74) is 1.41. The number of rotatable bonds is 3. The second-order valence-electron chi connectivity index (χ2n) is 4.71. The number of amides is 1. The van der Waals surface area contributed by atoms with Crippen molar-refractivity contribution in [3.8, 4) is 0 Å². The molecule has 1 heterocycles. The van der Waals surface area contributed by atoms with Gasteiger partial charge in [-0.05, 0) is 31.9 Å². The normalized spacial score (nSPS) is 18.0. The summed E-state index contributed by atoms with van der Waals surface area (Å²) in [4.78, 5) is 16.4. The first-order valence-corrected chi connectivity index (χ1v) is 7.09. The van der Waals surface area contributed by atoms with Crippen molar-refractivity contribution in [2.24, 2.45) is 0 Å². The number of hydrogen-bond acceptors (Lipinski definition) is 2. The van der Waals surface area contributed by atoms with Crippen molar-refractivity contribution in [1.29, 1.82) is 0 Å². The summed E-state index contributed by atoms with van der Waals surface area (Å²) in [7, 11) is 0. The van der Waals surface area contributed by atoms with Crippen molar-refractivity contribution in [2.75, 3.05) is 5.33 Å². The van der Waals surface area contributed by atoms with Gasteiger partial charge in [0.2, 0.25) is 0 Å². The van der Waals surface area contributed by atoms with Gasteiger partial charge in [-0.2, -0.15) is 0 Å². The standard InChI is InChI=1S/C13H17BrN2O/c1-10-11(5-4-8-15-10)12(17)16-13(9-14)6-2-3-7-13/h4-5,8H,2-3,6-7,9H2,1H3,(H,16,17). The predicted molar refractivity (Wildman–Crippen MR) is 71.4 cm³/mol. The topological polar surface area (TPSA) is 42.0 Å². The Morgan fingerprint density at radius 1 is 1.53 bits per heavy atom. The highest BCUT2D eigenvalue weighted by Crippen LogP contribution is 2.31. The summed E-state index contributed by atoms with van der Waals surface area (Å²) in [6.07, 6.45) is 6.21. The van der Waals surface area contributed by atoms with Gasteiger partial charge in [0.05, 0.1) is 11.1 Å². The summed E-state index contributed by atoms with van der Waals surface area (Å²) in [5, 5.41) is 4.00. The second-order valence-corrected chi connectivity index (χ2v) is 5.27. The van der Waals surface area contributed by atoms with Crippen molar-refractivity contribution in [1.82, 2.24) is 10.3 Å². The maximum atomic E-state index is 12.2. The SMILES string of the molecule is Cc1ncccc1C(=O)NC1(CBr)CCCC1. The molecule has 0 bridgehead atoms. The highest BCUT2D eigenvalue weighted by atomic mass is 79.9. The van der Waals surface area contributed by atoms with Crippen LogP contribution in [0.2, 0.25) is 0 Å². The summed E-state index contributed by atoms with van der Waals surface area (Å²) in [6, 6.07) is 3.63. The van der Waals surface area contributed by atoms with Gasteiger partial charge < -0.3 is 5.32 Å². The Hall–Kier alpha value is -0.900. The third-order valence-electron chi connectivity index (χ3n) is 3.45. The van der Waals surface area contributed by atoms with E-state index in [9.17, 15) is 4.79 Å². The molecule has 0 atom stereocenters. The van der Waals surface area contributed by atoms with Crippen LogP contribution in [0.5, 0.6) is 0 Å². The van der Waals surface area contributed by atoms with Gasteiger partial charge in [0.1, 0.15) is 0 Å². The Morgan fingerprint density at radius 2 is 2.24 bits per heavy atom. The van der Waals surface area contributed by atoms with Gasteiger partial charge >= 0.3 is 0 Å². The van der Waals surface area contributed by atoms with E-state index in [1.165, 1.54) is 12.8 Å². The van der Waals surface area contributed by atoms with Gasteiger partial charge in [-0.1, -0.05) is 28.8 Å². The number of hydrogen-bond donors (Lipinski definition) is 1. The fourth-order valence-electron chi connectivity index (χ4n) is 2.38. The van der Waals surface area contributed by atoms with Crippen LogP contribution >= 0.6 is 15.9 Å². The van der Waals surface area contributed by atoms with Crippen molar-refractivity contribution in [3.05, 3.63) is 29.6 Å². The molecular weight excluding hydrogens is 280 g/mol. The Kier molecular flexibility index (Phi) is 3.82. The zero-order valence-electron chi connectivity index (χ0n) is 10.0. The zero-order chi connectivity index (χ0) is 12.3. The minimum absolute atomic E-state index is 0.00282. The third-order valence-corrected chi connectivity index (χ3v) is 4.52. The Morgan fingerprint density at radius 3 is 2.82 bits per heavy atom. The van der Waals surface area contributed by atoms with E-state index in [0.717, 1.165) is 23.9 Å². The summed E-state index contributed by atoms with van der Waals surface area (Å²) in [5.74, 6) is -0.00282. The Labute approximate surface area is 110 Å². The van der Waals surface area contributed by atoms with Gasteiger partial charge in [0, 0.05) is 17.2 Å². The van der Waals surface area contributed by atoms with Crippen molar-refractivity contribution in [2.45, 2.75) is 38.1 Å². The van der Waals surface area contributed by atoms with E-state index in [1.54, 1.807) is 12.3 Å². The molecule has 0 saturated heterocycles. The molecule has 92 valence electrons. The lowest BCUT2D eigenvalue weighted by Crippen LogP contribution is -2.48. The maximum absolute atomic E-state index is 12.2. The van der Waals surface area contributed by atoms with Crippen LogP contribution in [0, 0.1) is 6.92 Å². The number of nitrogens with zero attached hydrogens (tertiary/aromatic N) is 1. The van der Waals surface area contributed by atoms with E-state index in [-0.39, 0.29) is 11.4 Å². The number of carbonyl (C=O) groups is 1. The third kappa shape index (κ3) is 2.68. The zero-order valence-corrected chi connectivity index (χ0v) is 11.6. The minimum Gasteiger partial charge on any atom is -0.346 e. The number of aryl methyl sites for hydroxylation is 1. The molecule has 4 heteroatoms. The van der Waals surface area contributed by atoms with Crippen LogP contribution in [-0.2, 0) is 0 Å². The van der Waals surface area contributed by atoms with Crippen LogP contribution < -0.4 is 5.32 Å². The molecule has 0 aromatic carbocycles. The summed E-state index contributed by atoms with van der Waals surface area (Å²) >= 11 is 3.52. The summed E-state index contributed by atoms with van der Waals surface area (Å²) < 4.78 is 0. The molecule has 1 aromatic heterocycles. The molecule has 1 N–H and O–H groups in total. The van der Waals surface area contributed by atoms with E-state index >= 15 is 0 Å². The predicted octanol–water partition coefficient (Wildman–Crippen LogP) is 2.83. The second kappa shape index (κ2) is 5.17. The van der Waals surface area contributed by atoms with E-state index < -0.39 is 0 Å². The first-order valence-electron chi connectivity index (χ1n) is 5.97. The smallest absolute Gasteiger partial charge is 0.253 e. The maximum Gasteiger partial charge on any atom is 0.253 e. The molecule has 1 fully saturated rings. The van der Waals surface area contributed by atoms with Crippen molar-refractivity contribution in [3.63, 3.8) is 0 Å². The van der Waals surface area contributed by atoms with E-state index in [1.807, 2.05) is 13.0 Å². The largest absolute Gasteiger partial charge is 0.346 e. The summed E-state index contributed by atoms with van der Waals surface area (Å²) in [6.45, 7) is 1.87. The molecule has 1 saturated carbocycles. The minimum atomic E-state index is -0.0562. The van der Waals surface area contributed by atoms with E-state index in [2.05, 4.69) is 26.2 Å².